The molecule has 7 nitrogen and oxygen atoms in total. The molecule has 0 radical (unpaired) electrons. The van der Waals surface area contributed by atoms with Crippen LogP contribution in [-0.2, 0) is 9.53 Å². The van der Waals surface area contributed by atoms with Gasteiger partial charge in [-0.15, -0.1) is 11.3 Å². The number of anilines is 1. The molecule has 0 atom stereocenters. The second-order valence-corrected chi connectivity index (χ2v) is 9.65. The van der Waals surface area contributed by atoms with Gasteiger partial charge in [0.05, 0.1) is 13.2 Å². The van der Waals surface area contributed by atoms with Gasteiger partial charge in [-0.1, -0.05) is 60.1 Å². The normalized spacial score (nSPS) is 13.9. The van der Waals surface area contributed by atoms with Crippen LogP contribution in [0.25, 0.3) is 11.1 Å². The summed E-state index contributed by atoms with van der Waals surface area (Å²) in [5, 5.41) is 3.23. The van der Waals surface area contributed by atoms with Crippen molar-refractivity contribution in [3.8, 4) is 11.1 Å². The fraction of sp³-hybridized carbons (Fsp3) is 0.269. The van der Waals surface area contributed by atoms with Crippen LogP contribution in [0.4, 0.5) is 5.00 Å². The number of thiophene rings is 1. The van der Waals surface area contributed by atoms with Gasteiger partial charge in [0.25, 0.3) is 5.91 Å². The van der Waals surface area contributed by atoms with E-state index in [1.807, 2.05) is 53.4 Å². The number of rotatable bonds is 7. The molecule has 0 bridgehead atoms. The monoisotopic (exact) mass is 511 g/mol. The summed E-state index contributed by atoms with van der Waals surface area (Å²) in [5.74, 6) is -0.788. The van der Waals surface area contributed by atoms with E-state index in [0.29, 0.717) is 46.6 Å². The van der Waals surface area contributed by atoms with Gasteiger partial charge in [0, 0.05) is 37.3 Å². The summed E-state index contributed by atoms with van der Waals surface area (Å²) in [4.78, 5) is 42.1. The van der Waals surface area contributed by atoms with E-state index in [1.54, 1.807) is 24.0 Å². The van der Waals surface area contributed by atoms with E-state index in [4.69, 9.17) is 16.3 Å². The van der Waals surface area contributed by atoms with Crippen molar-refractivity contribution in [3.63, 3.8) is 0 Å². The Morgan fingerprint density at radius 3 is 2.23 bits per heavy atom. The second kappa shape index (κ2) is 11.5. The summed E-state index contributed by atoms with van der Waals surface area (Å²) < 4.78 is 5.66. The molecular weight excluding hydrogens is 486 g/mol. The molecule has 1 saturated heterocycles. The maximum Gasteiger partial charge on any atom is 0.341 e. The first-order valence-electron chi connectivity index (χ1n) is 11.4. The Balaban J connectivity index is 1.42. The summed E-state index contributed by atoms with van der Waals surface area (Å²) in [6, 6.07) is 18.5. The van der Waals surface area contributed by atoms with Crippen LogP contribution in [0, 0.1) is 0 Å². The third kappa shape index (κ3) is 5.90. The minimum Gasteiger partial charge on any atom is -0.462 e. The molecule has 2 aromatic carbocycles. The van der Waals surface area contributed by atoms with Crippen LogP contribution in [0.3, 0.4) is 0 Å². The van der Waals surface area contributed by atoms with Crippen molar-refractivity contribution >= 4 is 45.7 Å². The first kappa shape index (κ1) is 24.9. The van der Waals surface area contributed by atoms with Crippen LogP contribution in [0.2, 0.25) is 4.34 Å². The summed E-state index contributed by atoms with van der Waals surface area (Å²) >= 11 is 7.66. The molecule has 1 aliphatic heterocycles. The van der Waals surface area contributed by atoms with Crippen LogP contribution < -0.4 is 5.32 Å². The molecule has 182 valence electrons. The van der Waals surface area contributed by atoms with Crippen molar-refractivity contribution in [2.45, 2.75) is 6.92 Å². The topological polar surface area (TPSA) is 79.0 Å². The highest BCUT2D eigenvalue weighted by atomic mass is 35.5. The molecule has 1 aromatic heterocycles. The number of carbonyl (C=O) groups excluding carboxylic acids is 3. The van der Waals surface area contributed by atoms with E-state index in [1.165, 1.54) is 0 Å². The highest BCUT2D eigenvalue weighted by molar-refractivity contribution is 7.21. The van der Waals surface area contributed by atoms with E-state index in [2.05, 4.69) is 5.32 Å². The lowest BCUT2D eigenvalue weighted by atomic mass is 10.0. The average Bonchev–Trinajstić information content (AvgIpc) is 3.20. The van der Waals surface area contributed by atoms with E-state index >= 15 is 0 Å². The van der Waals surface area contributed by atoms with E-state index in [9.17, 15) is 14.4 Å². The average molecular weight is 512 g/mol. The van der Waals surface area contributed by atoms with Crippen molar-refractivity contribution in [2.24, 2.45) is 0 Å². The third-order valence-electron chi connectivity index (χ3n) is 5.71. The summed E-state index contributed by atoms with van der Waals surface area (Å²) in [6.45, 7) is 4.32. The Labute approximate surface area is 213 Å². The van der Waals surface area contributed by atoms with Crippen molar-refractivity contribution in [1.29, 1.82) is 0 Å². The number of hydrogen-bond donors (Lipinski definition) is 1. The summed E-state index contributed by atoms with van der Waals surface area (Å²) in [6.07, 6.45) is 0. The number of nitrogens with one attached hydrogen (secondary N) is 1. The number of carbonyl (C=O) groups is 3. The zero-order valence-electron chi connectivity index (χ0n) is 19.3. The molecule has 1 aliphatic rings. The van der Waals surface area contributed by atoms with Gasteiger partial charge in [-0.2, -0.15) is 0 Å². The second-order valence-electron chi connectivity index (χ2n) is 8.02. The summed E-state index contributed by atoms with van der Waals surface area (Å²) in [7, 11) is 0. The molecule has 0 aliphatic carbocycles. The van der Waals surface area contributed by atoms with Crippen molar-refractivity contribution in [1.82, 2.24) is 9.80 Å². The van der Waals surface area contributed by atoms with E-state index in [0.717, 1.165) is 16.9 Å². The predicted octanol–water partition coefficient (Wildman–Crippen LogP) is 4.64. The first-order valence-corrected chi connectivity index (χ1v) is 12.6. The lowest BCUT2D eigenvalue weighted by molar-refractivity contribution is -0.117. The number of piperazine rings is 1. The Morgan fingerprint density at radius 2 is 1.60 bits per heavy atom. The van der Waals surface area contributed by atoms with Gasteiger partial charge in [-0.05, 0) is 24.6 Å². The SMILES string of the molecule is CCOC(=O)c1c(NC(=O)CN2CCN(C(=O)c3ccccc3)CC2)sc(Cl)c1-c1ccccc1. The summed E-state index contributed by atoms with van der Waals surface area (Å²) in [5.41, 5.74) is 2.25. The lowest BCUT2D eigenvalue weighted by Crippen LogP contribution is -2.50. The molecule has 1 fully saturated rings. The third-order valence-corrected chi connectivity index (χ3v) is 7.02. The van der Waals surface area contributed by atoms with Crippen molar-refractivity contribution < 1.29 is 19.1 Å². The van der Waals surface area contributed by atoms with E-state index < -0.39 is 5.97 Å². The van der Waals surface area contributed by atoms with Crippen LogP contribution in [0.15, 0.2) is 60.7 Å². The van der Waals surface area contributed by atoms with Gasteiger partial charge in [0.1, 0.15) is 14.9 Å². The van der Waals surface area contributed by atoms with Gasteiger partial charge in [-0.25, -0.2) is 4.79 Å². The molecule has 2 heterocycles. The molecule has 4 rings (SSSR count). The highest BCUT2D eigenvalue weighted by Gasteiger charge is 2.28. The Kier molecular flexibility index (Phi) is 8.17. The number of amides is 2. The zero-order valence-corrected chi connectivity index (χ0v) is 20.9. The van der Waals surface area contributed by atoms with Gasteiger partial charge >= 0.3 is 5.97 Å². The van der Waals surface area contributed by atoms with Crippen LogP contribution in [0.5, 0.6) is 0 Å². The maximum absolute atomic E-state index is 12.9. The number of ether oxygens (including phenoxy) is 1. The van der Waals surface area contributed by atoms with Crippen LogP contribution in [-0.4, -0.2) is 66.9 Å². The minimum atomic E-state index is -0.530. The van der Waals surface area contributed by atoms with Crippen LogP contribution >= 0.6 is 22.9 Å². The fourth-order valence-corrected chi connectivity index (χ4v) is 5.38. The molecule has 0 spiro atoms. The smallest absolute Gasteiger partial charge is 0.341 e. The largest absolute Gasteiger partial charge is 0.462 e. The van der Waals surface area contributed by atoms with Gasteiger partial charge < -0.3 is 15.0 Å². The number of esters is 1. The van der Waals surface area contributed by atoms with Crippen molar-refractivity contribution in [2.75, 3.05) is 44.6 Å². The maximum atomic E-state index is 12.9. The standard InChI is InChI=1S/C26H26ClN3O4S/c1-2-34-26(33)22-21(18-9-5-3-6-10-18)23(27)35-24(22)28-20(31)17-29-13-15-30(16-14-29)25(32)19-11-7-4-8-12-19/h3-12H,2,13-17H2,1H3,(H,28,31). The molecule has 0 unspecified atom stereocenters. The zero-order chi connectivity index (χ0) is 24.8. The lowest BCUT2D eigenvalue weighted by Gasteiger charge is -2.34. The molecular formula is C26H26ClN3O4S. The quantitative estimate of drug-likeness (QED) is 0.467. The Bertz CT molecular complexity index is 1190. The Hall–Kier alpha value is -3.20. The first-order chi connectivity index (χ1) is 17.0. The molecule has 9 heteroatoms. The number of halogens is 1. The molecule has 35 heavy (non-hydrogen) atoms. The van der Waals surface area contributed by atoms with E-state index in [-0.39, 0.29) is 30.5 Å². The van der Waals surface area contributed by atoms with Crippen LogP contribution in [0.1, 0.15) is 27.6 Å². The number of benzene rings is 2. The molecule has 1 N–H and O–H groups in total. The predicted molar refractivity (Wildman–Crippen MR) is 138 cm³/mol. The minimum absolute atomic E-state index is 0.00421. The van der Waals surface area contributed by atoms with Gasteiger partial charge in [-0.3, -0.25) is 14.5 Å². The fourth-order valence-electron chi connectivity index (χ4n) is 3.99. The number of hydrogen-bond acceptors (Lipinski definition) is 6. The number of nitrogens with zero attached hydrogens (tertiary/aromatic N) is 2. The molecule has 2 amide bonds. The highest BCUT2D eigenvalue weighted by Crippen LogP contribution is 2.43. The van der Waals surface area contributed by atoms with Gasteiger partial charge in [0.2, 0.25) is 5.91 Å². The van der Waals surface area contributed by atoms with Crippen molar-refractivity contribution in [3.05, 3.63) is 76.1 Å². The molecule has 0 saturated carbocycles. The molecule has 3 aromatic rings. The van der Waals surface area contributed by atoms with Gasteiger partial charge in [0.15, 0.2) is 0 Å². The Morgan fingerprint density at radius 1 is 0.971 bits per heavy atom.